The van der Waals surface area contributed by atoms with E-state index >= 15 is 0 Å². The molecule has 0 radical (unpaired) electrons. The number of nitrogens with zero attached hydrogens (tertiary/aromatic N) is 4. The van der Waals surface area contributed by atoms with E-state index in [1.165, 1.54) is 4.90 Å². The fraction of sp³-hybridized carbons (Fsp3) is 0.500. The number of nitrogens with one attached hydrogen (secondary N) is 1. The summed E-state index contributed by atoms with van der Waals surface area (Å²) in [5.41, 5.74) is 0.279. The van der Waals surface area contributed by atoms with Crippen molar-refractivity contribution in [1.29, 1.82) is 0 Å². The lowest BCUT2D eigenvalue weighted by atomic mass is 10.4. The zero-order valence-electron chi connectivity index (χ0n) is 11.9. The Kier molecular flexibility index (Phi) is 6.16. The van der Waals surface area contributed by atoms with E-state index < -0.39 is 0 Å². The Morgan fingerprint density at radius 3 is 2.30 bits per heavy atom. The van der Waals surface area contributed by atoms with Crippen LogP contribution in [0.4, 0.5) is 10.5 Å². The van der Waals surface area contributed by atoms with E-state index in [9.17, 15) is 4.79 Å². The van der Waals surface area contributed by atoms with Gasteiger partial charge in [-0.25, -0.2) is 19.8 Å². The summed E-state index contributed by atoms with van der Waals surface area (Å²) in [6.45, 7) is 8.55. The van der Waals surface area contributed by atoms with Gasteiger partial charge in [-0.05, 0) is 13.8 Å². The lowest BCUT2D eigenvalue weighted by Gasteiger charge is -2.13. The number of halogens is 2. The first-order chi connectivity index (χ1) is 9.49. The van der Waals surface area contributed by atoms with Gasteiger partial charge in [0.05, 0.1) is 0 Å². The number of aryl methyl sites for hydroxylation is 1. The van der Waals surface area contributed by atoms with Gasteiger partial charge in [-0.15, -0.1) is 0 Å². The minimum Gasteiger partial charge on any atom is -0.336 e. The third-order valence-electron chi connectivity index (χ3n) is 2.43. The largest absolute Gasteiger partial charge is 0.336 e. The molecule has 2 rings (SSSR count). The van der Waals surface area contributed by atoms with Crippen LogP contribution >= 0.6 is 23.2 Å². The van der Waals surface area contributed by atoms with Crippen molar-refractivity contribution >= 4 is 40.8 Å². The van der Waals surface area contributed by atoms with E-state index in [0.29, 0.717) is 24.7 Å². The zero-order chi connectivity index (χ0) is 15.3. The summed E-state index contributed by atoms with van der Waals surface area (Å²) in [4.78, 5) is 25.2. The van der Waals surface area contributed by atoms with Gasteiger partial charge in [0.2, 0.25) is 0 Å². The van der Waals surface area contributed by atoms with Crippen molar-refractivity contribution < 1.29 is 4.79 Å². The average molecular weight is 318 g/mol. The Balaban J connectivity index is 0.000000956. The molecular formula is C12H17Cl2N5O. The number of hydrogen-bond donors (Lipinski definition) is 1. The zero-order valence-corrected chi connectivity index (χ0v) is 13.4. The smallest absolute Gasteiger partial charge is 0.322 e. The number of amides is 2. The van der Waals surface area contributed by atoms with Crippen molar-refractivity contribution in [1.82, 2.24) is 20.2 Å². The number of aliphatic imine (C=N–C) groups is 1. The Bertz CT molecular complexity index is 510. The molecule has 0 atom stereocenters. The molecule has 0 bridgehead atoms. The van der Waals surface area contributed by atoms with Crippen LogP contribution in [-0.2, 0) is 0 Å². The molecule has 110 valence electrons. The molecule has 1 saturated heterocycles. The number of aromatic nitrogens is 2. The Hall–Kier alpha value is -1.40. The molecule has 1 aliphatic heterocycles. The van der Waals surface area contributed by atoms with Gasteiger partial charge >= 0.3 is 6.03 Å². The molecule has 1 N–H and O–H groups in total. The molecule has 1 aliphatic rings. The van der Waals surface area contributed by atoms with Crippen molar-refractivity contribution in [2.45, 2.75) is 27.7 Å². The molecule has 8 heteroatoms. The fourth-order valence-electron chi connectivity index (χ4n) is 1.59. The summed E-state index contributed by atoms with van der Waals surface area (Å²) >= 11 is 11.9. The highest BCUT2D eigenvalue weighted by Gasteiger charge is 2.22. The molecule has 0 aromatic carbocycles. The van der Waals surface area contributed by atoms with Crippen LogP contribution in [-0.4, -0.2) is 39.8 Å². The fourth-order valence-corrected chi connectivity index (χ4v) is 2.15. The Morgan fingerprint density at radius 2 is 1.85 bits per heavy atom. The van der Waals surface area contributed by atoms with Gasteiger partial charge in [0.1, 0.15) is 17.3 Å². The summed E-state index contributed by atoms with van der Waals surface area (Å²) in [5.74, 6) is 0.974. The predicted octanol–water partition coefficient (Wildman–Crippen LogP) is 3.19. The lowest BCUT2D eigenvalue weighted by molar-refractivity contribution is 0.234. The van der Waals surface area contributed by atoms with Crippen LogP contribution in [0.15, 0.2) is 4.99 Å². The van der Waals surface area contributed by atoms with Crippen LogP contribution in [0.1, 0.15) is 26.6 Å². The molecule has 2 amide bonds. The minimum absolute atomic E-state index is 0.173. The standard InChI is InChI=1S/C10H11Cl2N5O.C2H6/c1-5-14-8(11)7(9(12)15-5)16-6(2)17-4-3-13-10(17)18;1-2/h3-4H2,1-2H3,(H,13,18);1-2H3. The number of rotatable bonds is 1. The van der Waals surface area contributed by atoms with Crippen molar-refractivity contribution in [3.63, 3.8) is 0 Å². The van der Waals surface area contributed by atoms with E-state index in [0.717, 1.165) is 0 Å². The molecular weight excluding hydrogens is 301 g/mol. The quantitative estimate of drug-likeness (QED) is 0.491. The molecule has 0 spiro atoms. The van der Waals surface area contributed by atoms with Crippen LogP contribution in [0.25, 0.3) is 0 Å². The second-order valence-electron chi connectivity index (χ2n) is 3.74. The maximum Gasteiger partial charge on any atom is 0.322 e. The van der Waals surface area contributed by atoms with Gasteiger partial charge in [0, 0.05) is 13.1 Å². The normalized spacial score (nSPS) is 14.8. The Morgan fingerprint density at radius 1 is 1.30 bits per heavy atom. The number of carbonyl (C=O) groups is 1. The van der Waals surface area contributed by atoms with E-state index in [1.807, 2.05) is 13.8 Å². The molecule has 1 aromatic heterocycles. The molecule has 0 saturated carbocycles. The van der Waals surface area contributed by atoms with Gasteiger partial charge in [-0.2, -0.15) is 0 Å². The molecule has 1 fully saturated rings. The number of hydrogen-bond acceptors (Lipinski definition) is 4. The molecule has 6 nitrogen and oxygen atoms in total. The lowest BCUT2D eigenvalue weighted by Crippen LogP contribution is -2.32. The summed E-state index contributed by atoms with van der Waals surface area (Å²) in [6, 6.07) is -0.184. The topological polar surface area (TPSA) is 70.5 Å². The van der Waals surface area contributed by atoms with Gasteiger partial charge in [-0.1, -0.05) is 37.0 Å². The summed E-state index contributed by atoms with van der Waals surface area (Å²) in [5, 5.41) is 3.03. The van der Waals surface area contributed by atoms with Gasteiger partial charge < -0.3 is 5.32 Å². The number of urea groups is 1. The third kappa shape index (κ3) is 3.80. The van der Waals surface area contributed by atoms with Crippen LogP contribution in [0.2, 0.25) is 10.3 Å². The highest BCUT2D eigenvalue weighted by molar-refractivity contribution is 6.37. The van der Waals surface area contributed by atoms with Crippen LogP contribution in [0.5, 0.6) is 0 Å². The summed E-state index contributed by atoms with van der Waals surface area (Å²) in [7, 11) is 0. The van der Waals surface area contributed by atoms with E-state index in [1.54, 1.807) is 13.8 Å². The van der Waals surface area contributed by atoms with E-state index in [2.05, 4.69) is 20.3 Å². The average Bonchev–Trinajstić information content (AvgIpc) is 2.82. The van der Waals surface area contributed by atoms with Crippen LogP contribution in [0.3, 0.4) is 0 Å². The molecule has 2 heterocycles. The molecule has 0 unspecified atom stereocenters. The Labute approximate surface area is 128 Å². The highest BCUT2D eigenvalue weighted by Crippen LogP contribution is 2.30. The molecule has 1 aromatic rings. The first kappa shape index (κ1) is 16.7. The monoisotopic (exact) mass is 317 g/mol. The van der Waals surface area contributed by atoms with Crippen LogP contribution < -0.4 is 5.32 Å². The van der Waals surface area contributed by atoms with Crippen molar-refractivity contribution in [2.24, 2.45) is 4.99 Å². The van der Waals surface area contributed by atoms with E-state index in [4.69, 9.17) is 23.2 Å². The number of amidine groups is 1. The summed E-state index contributed by atoms with van der Waals surface area (Å²) in [6.07, 6.45) is 0. The maximum absolute atomic E-state index is 11.5. The summed E-state index contributed by atoms with van der Waals surface area (Å²) < 4.78 is 0. The first-order valence-electron chi connectivity index (χ1n) is 6.29. The second-order valence-corrected chi connectivity index (χ2v) is 4.46. The number of carbonyl (C=O) groups excluding carboxylic acids is 1. The minimum atomic E-state index is -0.184. The highest BCUT2D eigenvalue weighted by atomic mass is 35.5. The van der Waals surface area contributed by atoms with Gasteiger partial charge in [0.15, 0.2) is 10.3 Å². The van der Waals surface area contributed by atoms with Crippen molar-refractivity contribution in [2.75, 3.05) is 13.1 Å². The second kappa shape index (κ2) is 7.40. The SMILES string of the molecule is CC.CC(=Nc1c(Cl)nc(C)nc1Cl)N1CCNC1=O. The van der Waals surface area contributed by atoms with E-state index in [-0.39, 0.29) is 22.0 Å². The van der Waals surface area contributed by atoms with Gasteiger partial charge in [0.25, 0.3) is 0 Å². The van der Waals surface area contributed by atoms with Crippen molar-refractivity contribution in [3.8, 4) is 0 Å². The van der Waals surface area contributed by atoms with Crippen LogP contribution in [0, 0.1) is 6.92 Å². The van der Waals surface area contributed by atoms with Gasteiger partial charge in [-0.3, -0.25) is 4.90 Å². The first-order valence-corrected chi connectivity index (χ1v) is 7.05. The van der Waals surface area contributed by atoms with Crippen molar-refractivity contribution in [3.05, 3.63) is 16.1 Å². The predicted molar refractivity (Wildman–Crippen MR) is 81.0 cm³/mol. The molecule has 0 aliphatic carbocycles. The third-order valence-corrected chi connectivity index (χ3v) is 2.96. The molecule has 20 heavy (non-hydrogen) atoms. The maximum atomic E-state index is 11.5.